The van der Waals surface area contributed by atoms with Crippen molar-refractivity contribution >= 4 is 39.1 Å². The van der Waals surface area contributed by atoms with E-state index >= 15 is 0 Å². The third-order valence-corrected chi connectivity index (χ3v) is 7.77. The monoisotopic (exact) mass is 537 g/mol. The van der Waals surface area contributed by atoms with Crippen molar-refractivity contribution < 1.29 is 27.5 Å². The number of rotatable bonds is 11. The highest BCUT2D eigenvalue weighted by molar-refractivity contribution is 7.92. The van der Waals surface area contributed by atoms with Gasteiger partial charge in [0.05, 0.1) is 11.4 Å². The van der Waals surface area contributed by atoms with Crippen molar-refractivity contribution in [3.8, 4) is 11.5 Å². The topological polar surface area (TPSA) is 105 Å². The van der Waals surface area contributed by atoms with Crippen LogP contribution in [0.3, 0.4) is 0 Å². The van der Waals surface area contributed by atoms with E-state index < -0.39 is 28.5 Å². The second kappa shape index (κ2) is 12.3. The molecule has 0 bridgehead atoms. The van der Waals surface area contributed by atoms with Crippen molar-refractivity contribution in [3.63, 3.8) is 0 Å². The standard InChI is InChI=1S/C25H32ClN3O6S/c1-4-12-27-25(31)18(3)28(16-19-6-8-20(26)9-7-19)24(30)17-29(36(32,33)5-2)21-10-11-22-23(15-21)35-14-13-34-22/h6-11,15,18H,4-5,12-14,16-17H2,1-3H3,(H,27,31). The second-order valence-electron chi connectivity index (χ2n) is 8.35. The lowest BCUT2D eigenvalue weighted by molar-refractivity contribution is -0.139. The Hall–Kier alpha value is -2.98. The zero-order chi connectivity index (χ0) is 26.3. The molecule has 0 saturated heterocycles. The van der Waals surface area contributed by atoms with Gasteiger partial charge in [-0.1, -0.05) is 30.7 Å². The van der Waals surface area contributed by atoms with Gasteiger partial charge in [-0.15, -0.1) is 0 Å². The van der Waals surface area contributed by atoms with E-state index in [1.165, 1.54) is 11.8 Å². The number of anilines is 1. The van der Waals surface area contributed by atoms with Crippen LogP contribution < -0.4 is 19.1 Å². The summed E-state index contributed by atoms with van der Waals surface area (Å²) in [5.74, 6) is -0.124. The van der Waals surface area contributed by atoms with Gasteiger partial charge in [0.1, 0.15) is 25.8 Å². The van der Waals surface area contributed by atoms with Crippen LogP contribution in [-0.4, -0.2) is 63.2 Å². The van der Waals surface area contributed by atoms with Crippen LogP contribution >= 0.6 is 11.6 Å². The maximum atomic E-state index is 13.6. The lowest BCUT2D eigenvalue weighted by atomic mass is 10.1. The summed E-state index contributed by atoms with van der Waals surface area (Å²) in [5, 5.41) is 3.35. The van der Waals surface area contributed by atoms with Gasteiger partial charge in [0.15, 0.2) is 11.5 Å². The highest BCUT2D eigenvalue weighted by Crippen LogP contribution is 2.35. The van der Waals surface area contributed by atoms with E-state index in [1.807, 2.05) is 6.92 Å². The summed E-state index contributed by atoms with van der Waals surface area (Å²) in [6, 6.07) is 10.9. The fourth-order valence-electron chi connectivity index (χ4n) is 3.67. The number of ether oxygens (including phenoxy) is 2. The van der Waals surface area contributed by atoms with E-state index in [9.17, 15) is 18.0 Å². The number of sulfonamides is 1. The number of carbonyl (C=O) groups is 2. The van der Waals surface area contributed by atoms with Crippen molar-refractivity contribution in [1.82, 2.24) is 10.2 Å². The van der Waals surface area contributed by atoms with Crippen LogP contribution in [0.5, 0.6) is 11.5 Å². The van der Waals surface area contributed by atoms with Gasteiger partial charge in [0.25, 0.3) is 0 Å². The number of nitrogens with zero attached hydrogens (tertiary/aromatic N) is 2. The lowest BCUT2D eigenvalue weighted by Gasteiger charge is -2.32. The predicted octanol–water partition coefficient (Wildman–Crippen LogP) is 3.21. The van der Waals surface area contributed by atoms with Gasteiger partial charge in [0.2, 0.25) is 21.8 Å². The molecule has 2 aromatic carbocycles. The fourth-order valence-corrected chi connectivity index (χ4v) is 4.85. The number of fused-ring (bicyclic) bond motifs is 1. The molecule has 196 valence electrons. The summed E-state index contributed by atoms with van der Waals surface area (Å²) < 4.78 is 38.3. The van der Waals surface area contributed by atoms with Crippen molar-refractivity contribution in [2.45, 2.75) is 39.8 Å². The Kier molecular flexibility index (Phi) is 9.44. The molecule has 0 aliphatic carbocycles. The fraction of sp³-hybridized carbons (Fsp3) is 0.440. The zero-order valence-corrected chi connectivity index (χ0v) is 22.3. The summed E-state index contributed by atoms with van der Waals surface area (Å²) in [6.07, 6.45) is 0.746. The highest BCUT2D eigenvalue weighted by Gasteiger charge is 2.31. The molecule has 0 fully saturated rings. The van der Waals surface area contributed by atoms with Crippen molar-refractivity contribution in [2.24, 2.45) is 0 Å². The number of benzene rings is 2. The van der Waals surface area contributed by atoms with Gasteiger partial charge in [-0.25, -0.2) is 8.42 Å². The molecule has 0 aromatic heterocycles. The minimum Gasteiger partial charge on any atom is -0.486 e. The molecule has 1 unspecified atom stereocenters. The molecule has 11 heteroatoms. The summed E-state index contributed by atoms with van der Waals surface area (Å²) in [4.78, 5) is 27.8. The number of hydrogen-bond donors (Lipinski definition) is 1. The Balaban J connectivity index is 1.93. The van der Waals surface area contributed by atoms with Crippen LogP contribution in [0, 0.1) is 0 Å². The first-order valence-electron chi connectivity index (χ1n) is 11.9. The average Bonchev–Trinajstić information content (AvgIpc) is 2.89. The molecule has 1 heterocycles. The van der Waals surface area contributed by atoms with E-state index in [0.717, 1.165) is 16.3 Å². The molecule has 1 atom stereocenters. The average molecular weight is 538 g/mol. The van der Waals surface area contributed by atoms with Gasteiger partial charge < -0.3 is 19.7 Å². The molecular weight excluding hydrogens is 506 g/mol. The van der Waals surface area contributed by atoms with E-state index in [2.05, 4.69) is 5.32 Å². The first kappa shape index (κ1) is 27.6. The van der Waals surface area contributed by atoms with E-state index in [0.29, 0.717) is 36.3 Å². The Morgan fingerprint density at radius 1 is 1.06 bits per heavy atom. The third kappa shape index (κ3) is 6.82. The predicted molar refractivity (Wildman–Crippen MR) is 139 cm³/mol. The molecule has 0 spiro atoms. The second-order valence-corrected chi connectivity index (χ2v) is 11.0. The van der Waals surface area contributed by atoms with E-state index in [1.54, 1.807) is 49.4 Å². The minimum absolute atomic E-state index is 0.109. The molecular formula is C25H32ClN3O6S. The largest absolute Gasteiger partial charge is 0.486 e. The Bertz CT molecular complexity index is 1170. The molecule has 9 nitrogen and oxygen atoms in total. The minimum atomic E-state index is -3.84. The number of hydrogen-bond acceptors (Lipinski definition) is 6. The maximum absolute atomic E-state index is 13.6. The first-order valence-corrected chi connectivity index (χ1v) is 13.9. The molecule has 0 saturated carbocycles. The van der Waals surface area contributed by atoms with Crippen LogP contribution in [0.1, 0.15) is 32.8 Å². The van der Waals surface area contributed by atoms with Crippen molar-refractivity contribution in [2.75, 3.05) is 36.4 Å². The molecule has 3 rings (SSSR count). The molecule has 1 aliphatic heterocycles. The third-order valence-electron chi connectivity index (χ3n) is 5.78. The summed E-state index contributed by atoms with van der Waals surface area (Å²) >= 11 is 6.00. The molecule has 1 N–H and O–H groups in total. The molecule has 0 radical (unpaired) electrons. The summed E-state index contributed by atoms with van der Waals surface area (Å²) in [5.41, 5.74) is 1.04. The normalized spacial score (nSPS) is 13.6. The summed E-state index contributed by atoms with van der Waals surface area (Å²) in [6.45, 7) is 5.92. The number of halogens is 1. The molecule has 1 aliphatic rings. The van der Waals surface area contributed by atoms with E-state index in [4.69, 9.17) is 21.1 Å². The first-order chi connectivity index (χ1) is 17.2. The number of amides is 2. The van der Waals surface area contributed by atoms with Crippen LogP contribution in [0.4, 0.5) is 5.69 Å². The van der Waals surface area contributed by atoms with Crippen molar-refractivity contribution in [1.29, 1.82) is 0 Å². The van der Waals surface area contributed by atoms with Crippen LogP contribution in [0.2, 0.25) is 5.02 Å². The van der Waals surface area contributed by atoms with Gasteiger partial charge in [-0.05, 0) is 50.1 Å². The summed E-state index contributed by atoms with van der Waals surface area (Å²) in [7, 11) is -3.84. The van der Waals surface area contributed by atoms with Crippen LogP contribution in [-0.2, 0) is 26.2 Å². The van der Waals surface area contributed by atoms with Crippen LogP contribution in [0.25, 0.3) is 0 Å². The van der Waals surface area contributed by atoms with Gasteiger partial charge in [-0.2, -0.15) is 0 Å². The quantitative estimate of drug-likeness (QED) is 0.472. The van der Waals surface area contributed by atoms with Gasteiger partial charge in [0, 0.05) is 24.2 Å². The SMILES string of the molecule is CCCNC(=O)C(C)N(Cc1ccc(Cl)cc1)C(=O)CN(c1ccc2c(c1)OCCO2)S(=O)(=O)CC. The van der Waals surface area contributed by atoms with Gasteiger partial charge >= 0.3 is 0 Å². The zero-order valence-electron chi connectivity index (χ0n) is 20.7. The van der Waals surface area contributed by atoms with Crippen molar-refractivity contribution in [3.05, 3.63) is 53.1 Å². The maximum Gasteiger partial charge on any atom is 0.244 e. The Labute approximate surface area is 217 Å². The smallest absolute Gasteiger partial charge is 0.244 e. The molecule has 2 aromatic rings. The van der Waals surface area contributed by atoms with Crippen LogP contribution in [0.15, 0.2) is 42.5 Å². The Morgan fingerprint density at radius 3 is 2.36 bits per heavy atom. The van der Waals surface area contributed by atoms with Gasteiger partial charge in [-0.3, -0.25) is 13.9 Å². The highest BCUT2D eigenvalue weighted by atomic mass is 35.5. The molecule has 2 amide bonds. The van der Waals surface area contributed by atoms with E-state index in [-0.39, 0.29) is 23.9 Å². The Morgan fingerprint density at radius 2 is 1.72 bits per heavy atom. The molecule has 36 heavy (non-hydrogen) atoms. The lowest BCUT2D eigenvalue weighted by Crippen LogP contribution is -2.51. The number of carbonyl (C=O) groups excluding carboxylic acids is 2. The number of nitrogens with one attached hydrogen (secondary N) is 1.